The molecule has 0 radical (unpaired) electrons. The third-order valence-electron chi connectivity index (χ3n) is 3.50. The van der Waals surface area contributed by atoms with Gasteiger partial charge in [0.1, 0.15) is 5.82 Å². The monoisotopic (exact) mass is 290 g/mol. The Morgan fingerprint density at radius 2 is 2.10 bits per heavy atom. The molecule has 1 atom stereocenters. The average Bonchev–Trinajstić information content (AvgIpc) is 2.37. The van der Waals surface area contributed by atoms with E-state index in [-0.39, 0.29) is 11.8 Å². The van der Waals surface area contributed by atoms with Crippen molar-refractivity contribution in [3.05, 3.63) is 11.8 Å². The van der Waals surface area contributed by atoms with E-state index < -0.39 is 17.5 Å². The summed E-state index contributed by atoms with van der Waals surface area (Å²) in [6, 6.07) is 0.928. The van der Waals surface area contributed by atoms with Gasteiger partial charge in [0, 0.05) is 26.3 Å². The molecule has 1 aromatic rings. The smallest absolute Gasteiger partial charge is 0.377 e. The maximum atomic E-state index is 12.7. The number of methoxy groups -OCH3 is 1. The number of hydrogen-bond donors (Lipinski definition) is 1. The number of anilines is 2. The molecule has 0 spiro atoms. The third-order valence-corrected chi connectivity index (χ3v) is 3.50. The van der Waals surface area contributed by atoms with Crippen molar-refractivity contribution in [1.82, 2.24) is 9.97 Å². The average molecular weight is 290 g/mol. The number of rotatable bonds is 2. The molecule has 0 amide bonds. The summed E-state index contributed by atoms with van der Waals surface area (Å²) >= 11 is 0. The second kappa shape index (κ2) is 5.08. The number of aromatic nitrogens is 2. The van der Waals surface area contributed by atoms with Gasteiger partial charge < -0.3 is 15.4 Å². The fraction of sp³-hybridized carbons (Fsp3) is 0.667. The molecule has 1 aliphatic rings. The molecule has 2 heterocycles. The Kier molecular flexibility index (Phi) is 3.77. The minimum atomic E-state index is -4.54. The normalized spacial score (nSPS) is 23.9. The van der Waals surface area contributed by atoms with Crippen LogP contribution in [0.25, 0.3) is 0 Å². The van der Waals surface area contributed by atoms with Gasteiger partial charge in [0.15, 0.2) is 5.69 Å². The summed E-state index contributed by atoms with van der Waals surface area (Å²) in [7, 11) is 1.60. The Morgan fingerprint density at radius 3 is 2.70 bits per heavy atom. The molecule has 1 saturated heterocycles. The second-order valence-corrected chi connectivity index (χ2v) is 5.15. The highest BCUT2D eigenvalue weighted by Gasteiger charge is 2.36. The molecular weight excluding hydrogens is 273 g/mol. The van der Waals surface area contributed by atoms with E-state index in [9.17, 15) is 13.2 Å². The van der Waals surface area contributed by atoms with Crippen LogP contribution in [-0.2, 0) is 10.9 Å². The Labute approximate surface area is 114 Å². The quantitative estimate of drug-likeness (QED) is 0.903. The van der Waals surface area contributed by atoms with Gasteiger partial charge in [0.2, 0.25) is 5.95 Å². The van der Waals surface area contributed by atoms with Crippen molar-refractivity contribution in [3.63, 3.8) is 0 Å². The van der Waals surface area contributed by atoms with E-state index in [4.69, 9.17) is 10.5 Å². The molecular formula is C12H17F3N4O. The number of nitrogen functional groups attached to an aromatic ring is 1. The topological polar surface area (TPSA) is 64.3 Å². The third kappa shape index (κ3) is 3.12. The first kappa shape index (κ1) is 14.8. The van der Waals surface area contributed by atoms with Crippen LogP contribution >= 0.6 is 0 Å². The lowest BCUT2D eigenvalue weighted by molar-refractivity contribution is -0.141. The Hall–Kier alpha value is -1.57. The lowest BCUT2D eigenvalue weighted by atomic mass is 9.95. The Morgan fingerprint density at radius 1 is 1.40 bits per heavy atom. The lowest BCUT2D eigenvalue weighted by Crippen LogP contribution is -2.47. The molecule has 112 valence electrons. The minimum Gasteiger partial charge on any atom is -0.377 e. The summed E-state index contributed by atoms with van der Waals surface area (Å²) in [6.45, 7) is 3.01. The van der Waals surface area contributed by atoms with Gasteiger partial charge in [0.25, 0.3) is 0 Å². The maximum Gasteiger partial charge on any atom is 0.433 e. The molecule has 2 rings (SSSR count). The van der Waals surface area contributed by atoms with E-state index in [1.165, 1.54) is 0 Å². The fourth-order valence-electron chi connectivity index (χ4n) is 2.33. The molecule has 0 aromatic carbocycles. The molecule has 1 aromatic heterocycles. The number of hydrogen-bond acceptors (Lipinski definition) is 5. The number of nitrogens with zero attached hydrogens (tertiary/aromatic N) is 3. The van der Waals surface area contributed by atoms with Gasteiger partial charge in [-0.1, -0.05) is 0 Å². The highest BCUT2D eigenvalue weighted by atomic mass is 19.4. The van der Waals surface area contributed by atoms with Crippen LogP contribution in [0.3, 0.4) is 0 Å². The molecule has 0 saturated carbocycles. The summed E-state index contributed by atoms with van der Waals surface area (Å²) < 4.78 is 43.7. The minimum absolute atomic E-state index is 0.188. The van der Waals surface area contributed by atoms with Gasteiger partial charge >= 0.3 is 6.18 Å². The van der Waals surface area contributed by atoms with Gasteiger partial charge in [-0.2, -0.15) is 18.2 Å². The number of nitrogens with two attached hydrogens (primary N) is 1. The summed E-state index contributed by atoms with van der Waals surface area (Å²) in [5.41, 5.74) is 3.97. The molecule has 0 bridgehead atoms. The lowest BCUT2D eigenvalue weighted by Gasteiger charge is -2.40. The summed E-state index contributed by atoms with van der Waals surface area (Å²) in [5.74, 6) is -0.188. The predicted molar refractivity (Wildman–Crippen MR) is 68.3 cm³/mol. The fourth-order valence-corrected chi connectivity index (χ4v) is 2.33. The zero-order chi connectivity index (χ0) is 15.0. The second-order valence-electron chi connectivity index (χ2n) is 5.15. The van der Waals surface area contributed by atoms with E-state index in [0.717, 1.165) is 18.9 Å². The molecule has 1 aliphatic heterocycles. The van der Waals surface area contributed by atoms with Gasteiger partial charge in [-0.05, 0) is 19.8 Å². The van der Waals surface area contributed by atoms with Crippen LogP contribution in [0.4, 0.5) is 24.9 Å². The van der Waals surface area contributed by atoms with Gasteiger partial charge in [-0.15, -0.1) is 0 Å². The van der Waals surface area contributed by atoms with Crippen molar-refractivity contribution in [2.45, 2.75) is 31.5 Å². The van der Waals surface area contributed by atoms with Crippen LogP contribution in [0.2, 0.25) is 0 Å². The molecule has 5 nitrogen and oxygen atoms in total. The van der Waals surface area contributed by atoms with Crippen LogP contribution in [0.5, 0.6) is 0 Å². The summed E-state index contributed by atoms with van der Waals surface area (Å²) in [4.78, 5) is 8.90. The van der Waals surface area contributed by atoms with Crippen LogP contribution in [0.1, 0.15) is 25.5 Å². The van der Waals surface area contributed by atoms with Crippen molar-refractivity contribution in [2.24, 2.45) is 0 Å². The number of alkyl halides is 3. The zero-order valence-electron chi connectivity index (χ0n) is 11.4. The summed E-state index contributed by atoms with van der Waals surface area (Å²) in [5, 5.41) is 0. The highest BCUT2D eigenvalue weighted by Crippen LogP contribution is 2.32. The Bertz CT molecular complexity index is 494. The number of piperidine rings is 1. The standard InChI is InChI=1S/C12H17F3N4O/c1-11(20-2)4-3-5-19(7-11)9-6-8(12(13,14)15)17-10(16)18-9/h6H,3-5,7H2,1-2H3,(H2,16,17,18). The molecule has 0 aliphatic carbocycles. The van der Waals surface area contributed by atoms with Crippen molar-refractivity contribution in [2.75, 3.05) is 30.8 Å². The molecule has 2 N–H and O–H groups in total. The molecule has 8 heteroatoms. The van der Waals surface area contributed by atoms with Crippen LogP contribution in [0, 0.1) is 0 Å². The van der Waals surface area contributed by atoms with Crippen LogP contribution in [0.15, 0.2) is 6.07 Å². The van der Waals surface area contributed by atoms with Gasteiger partial charge in [-0.3, -0.25) is 0 Å². The molecule has 1 fully saturated rings. The highest BCUT2D eigenvalue weighted by molar-refractivity contribution is 5.45. The largest absolute Gasteiger partial charge is 0.433 e. The van der Waals surface area contributed by atoms with Crippen LogP contribution < -0.4 is 10.6 Å². The summed E-state index contributed by atoms with van der Waals surface area (Å²) in [6.07, 6.45) is -2.87. The first-order valence-corrected chi connectivity index (χ1v) is 6.25. The Balaban J connectivity index is 2.31. The first-order valence-electron chi connectivity index (χ1n) is 6.25. The number of ether oxygens (including phenoxy) is 1. The van der Waals surface area contributed by atoms with Gasteiger partial charge in [-0.25, -0.2) is 4.98 Å². The van der Waals surface area contributed by atoms with E-state index in [2.05, 4.69) is 9.97 Å². The van der Waals surface area contributed by atoms with Crippen molar-refractivity contribution in [3.8, 4) is 0 Å². The van der Waals surface area contributed by atoms with E-state index in [0.29, 0.717) is 13.1 Å². The SMILES string of the molecule is COC1(C)CCCN(c2cc(C(F)(F)F)nc(N)n2)C1. The van der Waals surface area contributed by atoms with E-state index in [1.807, 2.05) is 6.92 Å². The predicted octanol–water partition coefficient (Wildman–Crippen LogP) is 2.08. The van der Waals surface area contributed by atoms with Crippen molar-refractivity contribution >= 4 is 11.8 Å². The zero-order valence-corrected chi connectivity index (χ0v) is 11.4. The van der Waals surface area contributed by atoms with Crippen molar-refractivity contribution in [1.29, 1.82) is 0 Å². The van der Waals surface area contributed by atoms with Crippen molar-refractivity contribution < 1.29 is 17.9 Å². The number of halogens is 3. The molecule has 1 unspecified atom stereocenters. The molecule has 20 heavy (non-hydrogen) atoms. The first-order chi connectivity index (χ1) is 9.23. The van der Waals surface area contributed by atoms with Crippen LogP contribution in [-0.4, -0.2) is 35.8 Å². The maximum absolute atomic E-state index is 12.7. The van der Waals surface area contributed by atoms with E-state index in [1.54, 1.807) is 12.0 Å². The van der Waals surface area contributed by atoms with Gasteiger partial charge in [0.05, 0.1) is 5.60 Å². The van der Waals surface area contributed by atoms with E-state index >= 15 is 0 Å².